The number of fused-ring (bicyclic) bond motifs is 2. The Hall–Kier alpha value is -4.25. The zero-order valence-electron chi connectivity index (χ0n) is 21.5. The monoisotopic (exact) mass is 570 g/mol. The quantitative estimate of drug-likeness (QED) is 0.322. The molecule has 1 atom stereocenters. The van der Waals surface area contributed by atoms with E-state index >= 15 is 0 Å². The highest BCUT2D eigenvalue weighted by molar-refractivity contribution is 7.93. The van der Waals surface area contributed by atoms with Crippen LogP contribution in [0.3, 0.4) is 0 Å². The van der Waals surface area contributed by atoms with Gasteiger partial charge in [0.15, 0.2) is 11.5 Å². The molecule has 4 aromatic carbocycles. The van der Waals surface area contributed by atoms with Crippen molar-refractivity contribution in [2.24, 2.45) is 0 Å². The van der Waals surface area contributed by atoms with Gasteiger partial charge >= 0.3 is 12.1 Å². The first kappa shape index (κ1) is 27.3. The summed E-state index contributed by atoms with van der Waals surface area (Å²) >= 11 is 0. The third kappa shape index (κ3) is 4.92. The molecule has 0 unspecified atom stereocenters. The number of alkyl halides is 3. The second-order valence-electron chi connectivity index (χ2n) is 9.22. The van der Waals surface area contributed by atoms with Gasteiger partial charge in [-0.2, -0.15) is 13.2 Å². The van der Waals surface area contributed by atoms with Gasteiger partial charge in [0.05, 0.1) is 30.8 Å². The van der Waals surface area contributed by atoms with Crippen molar-refractivity contribution >= 4 is 32.4 Å². The first-order chi connectivity index (χ1) is 19.0. The summed E-state index contributed by atoms with van der Waals surface area (Å²) in [5, 5.41) is 1.20. The van der Waals surface area contributed by atoms with Crippen molar-refractivity contribution in [2.45, 2.75) is 23.5 Å². The van der Waals surface area contributed by atoms with Gasteiger partial charge in [0, 0.05) is 17.5 Å². The molecule has 4 aromatic rings. The summed E-state index contributed by atoms with van der Waals surface area (Å²) < 4.78 is 81.9. The number of ether oxygens (including phenoxy) is 2. The number of nitrogens with one attached hydrogen (secondary N) is 1. The summed E-state index contributed by atoms with van der Waals surface area (Å²) in [6, 6.07) is 19.9. The van der Waals surface area contributed by atoms with Crippen molar-refractivity contribution in [3.63, 3.8) is 0 Å². The number of carbonyl (C=O) groups is 1. The summed E-state index contributed by atoms with van der Waals surface area (Å²) in [7, 11) is -1.35. The predicted octanol–water partition coefficient (Wildman–Crippen LogP) is 5.69. The Morgan fingerprint density at radius 2 is 1.55 bits per heavy atom. The number of sulfonamides is 1. The Morgan fingerprint density at radius 3 is 2.27 bits per heavy atom. The second kappa shape index (κ2) is 10.4. The largest absolute Gasteiger partial charge is 0.493 e. The SMILES string of the molecule is COc1cc2c(cc1OC)[C@@H](c1ccccc1NS(=O)(=O)c1cccc3ccccc13)N(C(=O)C(F)(F)F)CC2. The van der Waals surface area contributed by atoms with Gasteiger partial charge in [-0.15, -0.1) is 0 Å². The molecule has 1 amide bonds. The summed E-state index contributed by atoms with van der Waals surface area (Å²) in [4.78, 5) is 13.4. The van der Waals surface area contributed by atoms with Crippen LogP contribution in [0.15, 0.2) is 83.8 Å². The first-order valence-electron chi connectivity index (χ1n) is 12.3. The van der Waals surface area contributed by atoms with E-state index in [2.05, 4.69) is 4.72 Å². The minimum atomic E-state index is -5.14. The fourth-order valence-electron chi connectivity index (χ4n) is 5.12. The summed E-state index contributed by atoms with van der Waals surface area (Å²) in [5.74, 6) is -1.37. The average molecular weight is 571 g/mol. The third-order valence-electron chi connectivity index (χ3n) is 6.92. The van der Waals surface area contributed by atoms with E-state index in [0.29, 0.717) is 27.6 Å². The summed E-state index contributed by atoms with van der Waals surface area (Å²) in [6.07, 6.45) is -5.00. The molecule has 0 fully saturated rings. The molecule has 1 heterocycles. The number of hydrogen-bond donors (Lipinski definition) is 1. The van der Waals surface area contributed by atoms with E-state index < -0.39 is 28.1 Å². The fourth-order valence-corrected chi connectivity index (χ4v) is 6.44. The smallest absolute Gasteiger partial charge is 0.471 e. The van der Waals surface area contributed by atoms with Crippen molar-refractivity contribution in [2.75, 3.05) is 25.5 Å². The van der Waals surface area contributed by atoms with Crippen LogP contribution in [-0.2, 0) is 21.2 Å². The van der Waals surface area contributed by atoms with E-state index in [1.54, 1.807) is 54.6 Å². The maximum absolute atomic E-state index is 13.8. The van der Waals surface area contributed by atoms with Gasteiger partial charge in [0.25, 0.3) is 10.0 Å². The first-order valence-corrected chi connectivity index (χ1v) is 13.8. The van der Waals surface area contributed by atoms with E-state index in [1.165, 1.54) is 38.5 Å². The van der Waals surface area contributed by atoms with Crippen LogP contribution in [0.4, 0.5) is 18.9 Å². The Kier molecular flexibility index (Phi) is 7.09. The highest BCUT2D eigenvalue weighted by Crippen LogP contribution is 2.44. The molecular weight excluding hydrogens is 545 g/mol. The number of amides is 1. The Bertz CT molecular complexity index is 1700. The van der Waals surface area contributed by atoms with Gasteiger partial charge < -0.3 is 14.4 Å². The van der Waals surface area contributed by atoms with Crippen LogP contribution in [-0.4, -0.2) is 46.2 Å². The van der Waals surface area contributed by atoms with Crippen molar-refractivity contribution in [3.05, 3.63) is 95.6 Å². The molecule has 0 bridgehead atoms. The van der Waals surface area contributed by atoms with Crippen molar-refractivity contribution in [1.29, 1.82) is 0 Å². The minimum absolute atomic E-state index is 0.0130. The molecular formula is C29H25F3N2O5S. The number of para-hydroxylation sites is 1. The average Bonchev–Trinajstić information content (AvgIpc) is 2.94. The normalized spacial score (nSPS) is 15.4. The van der Waals surface area contributed by atoms with Crippen molar-refractivity contribution < 1.29 is 35.9 Å². The molecule has 0 spiro atoms. The van der Waals surface area contributed by atoms with E-state index in [0.717, 1.165) is 4.90 Å². The lowest BCUT2D eigenvalue weighted by atomic mass is 9.87. The second-order valence-corrected chi connectivity index (χ2v) is 10.9. The maximum Gasteiger partial charge on any atom is 0.471 e. The molecule has 7 nitrogen and oxygen atoms in total. The number of rotatable bonds is 6. The Morgan fingerprint density at radius 1 is 0.900 bits per heavy atom. The lowest BCUT2D eigenvalue weighted by Crippen LogP contribution is -2.47. The molecule has 11 heteroatoms. The van der Waals surface area contributed by atoms with E-state index in [9.17, 15) is 26.4 Å². The van der Waals surface area contributed by atoms with Crippen LogP contribution in [0, 0.1) is 0 Å². The van der Waals surface area contributed by atoms with Gasteiger partial charge in [0.1, 0.15) is 0 Å². The van der Waals surface area contributed by atoms with Gasteiger partial charge in [-0.1, -0.05) is 54.6 Å². The molecule has 40 heavy (non-hydrogen) atoms. The molecule has 0 radical (unpaired) electrons. The molecule has 1 N–H and O–H groups in total. The predicted molar refractivity (Wildman–Crippen MR) is 144 cm³/mol. The highest BCUT2D eigenvalue weighted by atomic mass is 32.2. The zero-order chi connectivity index (χ0) is 28.7. The number of benzene rings is 4. The van der Waals surface area contributed by atoms with E-state index in [1.807, 2.05) is 0 Å². The number of methoxy groups -OCH3 is 2. The fraction of sp³-hybridized carbons (Fsp3) is 0.207. The number of nitrogens with zero attached hydrogens (tertiary/aromatic N) is 1. The summed E-state index contributed by atoms with van der Waals surface area (Å²) in [5.41, 5.74) is 1.25. The van der Waals surface area contributed by atoms with Gasteiger partial charge in [-0.3, -0.25) is 9.52 Å². The van der Waals surface area contributed by atoms with Crippen LogP contribution in [0.25, 0.3) is 10.8 Å². The number of anilines is 1. The number of hydrogen-bond acceptors (Lipinski definition) is 5. The molecule has 0 aliphatic carbocycles. The molecule has 0 saturated carbocycles. The lowest BCUT2D eigenvalue weighted by molar-refractivity contribution is -0.187. The van der Waals surface area contributed by atoms with Crippen LogP contribution in [0.1, 0.15) is 22.7 Å². The van der Waals surface area contributed by atoms with Crippen molar-refractivity contribution in [3.8, 4) is 11.5 Å². The summed E-state index contributed by atoms with van der Waals surface area (Å²) in [6.45, 7) is -0.240. The lowest BCUT2D eigenvalue weighted by Gasteiger charge is -2.39. The molecule has 0 aromatic heterocycles. The Labute approximate surface area is 229 Å². The van der Waals surface area contributed by atoms with Crippen LogP contribution < -0.4 is 14.2 Å². The number of carbonyl (C=O) groups excluding carboxylic acids is 1. The topological polar surface area (TPSA) is 84.9 Å². The van der Waals surface area contributed by atoms with Crippen LogP contribution in [0.2, 0.25) is 0 Å². The van der Waals surface area contributed by atoms with Crippen molar-refractivity contribution in [1.82, 2.24) is 4.90 Å². The van der Waals surface area contributed by atoms with Crippen LogP contribution >= 0.6 is 0 Å². The number of halogens is 3. The molecule has 5 rings (SSSR count). The van der Waals surface area contributed by atoms with Gasteiger partial charge in [-0.05, 0) is 47.2 Å². The van der Waals surface area contributed by atoms with Gasteiger partial charge in [-0.25, -0.2) is 8.42 Å². The highest BCUT2D eigenvalue weighted by Gasteiger charge is 2.47. The molecule has 208 valence electrons. The maximum atomic E-state index is 13.8. The minimum Gasteiger partial charge on any atom is -0.493 e. The van der Waals surface area contributed by atoms with Gasteiger partial charge in [0.2, 0.25) is 0 Å². The van der Waals surface area contributed by atoms with Crippen LogP contribution in [0.5, 0.6) is 11.5 Å². The molecule has 1 aliphatic rings. The zero-order valence-corrected chi connectivity index (χ0v) is 22.3. The molecule has 1 aliphatic heterocycles. The van der Waals surface area contributed by atoms with E-state index in [-0.39, 0.29) is 34.9 Å². The van der Waals surface area contributed by atoms with E-state index in [4.69, 9.17) is 9.47 Å². The standard InChI is InChI=1S/C29H25F3N2O5S/c1-38-24-16-19-14-15-34(28(35)29(30,31)32)27(22(19)17-25(24)39-2)21-11-5-6-12-23(21)33-40(36,37)26-13-7-9-18-8-3-4-10-20(18)26/h3-13,16-17,27,33H,14-15H2,1-2H3/t27-/m1/s1. The Balaban J connectivity index is 1.67. The third-order valence-corrected chi connectivity index (χ3v) is 8.34. The molecule has 0 saturated heterocycles.